The fourth-order valence-corrected chi connectivity index (χ4v) is 2.99. The number of imidazole rings is 1. The SMILES string of the molecule is COC(=O)C1CCn2c(-c3ccccc3F)nc(Cl)c2C1. The molecular weight excluding hydrogens is 295 g/mol. The molecule has 1 aromatic carbocycles. The van der Waals surface area contributed by atoms with Crippen LogP contribution in [0.2, 0.25) is 5.15 Å². The van der Waals surface area contributed by atoms with Crippen LogP contribution in [0.15, 0.2) is 24.3 Å². The zero-order chi connectivity index (χ0) is 15.0. The number of halogens is 2. The molecule has 0 spiro atoms. The van der Waals surface area contributed by atoms with Gasteiger partial charge in [0.05, 0.1) is 24.3 Å². The Morgan fingerprint density at radius 3 is 2.95 bits per heavy atom. The van der Waals surface area contributed by atoms with E-state index < -0.39 is 0 Å². The minimum Gasteiger partial charge on any atom is -0.469 e. The minimum atomic E-state index is -0.336. The number of carbonyl (C=O) groups is 1. The van der Waals surface area contributed by atoms with Crippen molar-refractivity contribution < 1.29 is 13.9 Å². The summed E-state index contributed by atoms with van der Waals surface area (Å²) in [5.41, 5.74) is 1.18. The Morgan fingerprint density at radius 2 is 2.24 bits per heavy atom. The molecule has 6 heteroatoms. The maximum Gasteiger partial charge on any atom is 0.309 e. The first-order valence-corrected chi connectivity index (χ1v) is 7.07. The van der Waals surface area contributed by atoms with Crippen LogP contribution in [0.3, 0.4) is 0 Å². The number of hydrogen-bond donors (Lipinski definition) is 0. The van der Waals surface area contributed by atoms with E-state index in [1.807, 2.05) is 4.57 Å². The molecule has 0 fully saturated rings. The molecule has 3 rings (SSSR count). The number of esters is 1. The molecule has 0 amide bonds. The number of benzene rings is 1. The van der Waals surface area contributed by atoms with Gasteiger partial charge in [0, 0.05) is 13.0 Å². The van der Waals surface area contributed by atoms with Crippen molar-refractivity contribution >= 4 is 17.6 Å². The van der Waals surface area contributed by atoms with Crippen LogP contribution in [-0.2, 0) is 22.5 Å². The number of rotatable bonds is 2. The molecule has 0 radical (unpaired) electrons. The van der Waals surface area contributed by atoms with Crippen LogP contribution in [0.4, 0.5) is 4.39 Å². The van der Waals surface area contributed by atoms with Crippen molar-refractivity contribution in [3.8, 4) is 11.4 Å². The van der Waals surface area contributed by atoms with Crippen LogP contribution in [0, 0.1) is 11.7 Å². The first kappa shape index (κ1) is 14.1. The third kappa shape index (κ3) is 2.42. The summed E-state index contributed by atoms with van der Waals surface area (Å²) in [6.07, 6.45) is 1.10. The molecule has 0 N–H and O–H groups in total. The van der Waals surface area contributed by atoms with Gasteiger partial charge in [-0.25, -0.2) is 9.37 Å². The van der Waals surface area contributed by atoms with Gasteiger partial charge < -0.3 is 9.30 Å². The number of methoxy groups -OCH3 is 1. The number of fused-ring (bicyclic) bond motifs is 1. The van der Waals surface area contributed by atoms with Gasteiger partial charge in [0.25, 0.3) is 0 Å². The second-order valence-corrected chi connectivity index (χ2v) is 5.38. The van der Waals surface area contributed by atoms with Gasteiger partial charge >= 0.3 is 5.97 Å². The van der Waals surface area contributed by atoms with Gasteiger partial charge in [-0.15, -0.1) is 0 Å². The number of nitrogens with zero attached hydrogens (tertiary/aromatic N) is 2. The normalized spacial score (nSPS) is 17.4. The molecule has 2 heterocycles. The zero-order valence-corrected chi connectivity index (χ0v) is 12.2. The van der Waals surface area contributed by atoms with E-state index in [0.29, 0.717) is 35.9 Å². The molecule has 0 saturated heterocycles. The third-order valence-corrected chi connectivity index (χ3v) is 4.12. The predicted molar refractivity (Wildman–Crippen MR) is 76.5 cm³/mol. The average Bonchev–Trinajstić information content (AvgIpc) is 2.83. The highest BCUT2D eigenvalue weighted by molar-refractivity contribution is 6.30. The molecule has 110 valence electrons. The summed E-state index contributed by atoms with van der Waals surface area (Å²) in [6, 6.07) is 6.46. The lowest BCUT2D eigenvalue weighted by Gasteiger charge is -2.23. The van der Waals surface area contributed by atoms with Gasteiger partial charge in [-0.05, 0) is 18.6 Å². The van der Waals surface area contributed by atoms with Crippen LogP contribution in [0.1, 0.15) is 12.1 Å². The van der Waals surface area contributed by atoms with Gasteiger partial charge in [0.15, 0.2) is 5.15 Å². The van der Waals surface area contributed by atoms with E-state index in [0.717, 1.165) is 5.69 Å². The standard InChI is InChI=1S/C15H14ClFN2O2/c1-21-15(20)9-6-7-19-12(8-9)13(16)18-14(19)10-4-2-3-5-11(10)17/h2-5,9H,6-8H2,1H3. The Hall–Kier alpha value is -1.88. The molecule has 21 heavy (non-hydrogen) atoms. The fraction of sp³-hybridized carbons (Fsp3) is 0.333. The first-order valence-electron chi connectivity index (χ1n) is 6.69. The third-order valence-electron chi connectivity index (χ3n) is 3.81. The number of ether oxygens (including phenoxy) is 1. The highest BCUT2D eigenvalue weighted by Gasteiger charge is 2.30. The van der Waals surface area contributed by atoms with Crippen molar-refractivity contribution in [1.29, 1.82) is 0 Å². The second kappa shape index (κ2) is 5.48. The van der Waals surface area contributed by atoms with Crippen LogP contribution in [0.5, 0.6) is 0 Å². The topological polar surface area (TPSA) is 44.1 Å². The van der Waals surface area contributed by atoms with E-state index in [4.69, 9.17) is 16.3 Å². The lowest BCUT2D eigenvalue weighted by Crippen LogP contribution is -2.26. The van der Waals surface area contributed by atoms with Gasteiger partial charge in [0.2, 0.25) is 0 Å². The second-order valence-electron chi connectivity index (χ2n) is 5.02. The molecule has 1 atom stereocenters. The summed E-state index contributed by atoms with van der Waals surface area (Å²) in [6.45, 7) is 0.568. The van der Waals surface area contributed by atoms with E-state index in [2.05, 4.69) is 4.98 Å². The molecule has 1 aliphatic rings. The van der Waals surface area contributed by atoms with Gasteiger partial charge in [-0.3, -0.25) is 4.79 Å². The molecular formula is C15H14ClFN2O2. The van der Waals surface area contributed by atoms with E-state index in [1.165, 1.54) is 13.2 Å². The Bertz CT molecular complexity index is 699. The van der Waals surface area contributed by atoms with Crippen molar-refractivity contribution in [2.24, 2.45) is 5.92 Å². The van der Waals surface area contributed by atoms with Crippen molar-refractivity contribution in [1.82, 2.24) is 9.55 Å². The van der Waals surface area contributed by atoms with Crippen LogP contribution in [-0.4, -0.2) is 22.6 Å². The molecule has 0 aliphatic carbocycles. The fourth-order valence-electron chi connectivity index (χ4n) is 2.73. The first-order chi connectivity index (χ1) is 10.1. The van der Waals surface area contributed by atoms with Crippen LogP contribution in [0.25, 0.3) is 11.4 Å². The lowest BCUT2D eigenvalue weighted by molar-refractivity contribution is -0.146. The molecule has 1 aliphatic heterocycles. The van der Waals surface area contributed by atoms with Gasteiger partial charge in [-0.1, -0.05) is 23.7 Å². The largest absolute Gasteiger partial charge is 0.469 e. The number of aromatic nitrogens is 2. The lowest BCUT2D eigenvalue weighted by atomic mass is 9.96. The Kier molecular flexibility index (Phi) is 3.68. The maximum atomic E-state index is 13.9. The maximum absolute atomic E-state index is 13.9. The van der Waals surface area contributed by atoms with Crippen molar-refractivity contribution in [3.05, 3.63) is 40.9 Å². The number of hydrogen-bond acceptors (Lipinski definition) is 3. The Morgan fingerprint density at radius 1 is 1.48 bits per heavy atom. The quantitative estimate of drug-likeness (QED) is 0.801. The minimum absolute atomic E-state index is 0.217. The summed E-state index contributed by atoms with van der Waals surface area (Å²) < 4.78 is 20.6. The van der Waals surface area contributed by atoms with Gasteiger partial charge in [0.1, 0.15) is 11.6 Å². The monoisotopic (exact) mass is 308 g/mol. The van der Waals surface area contributed by atoms with E-state index in [1.54, 1.807) is 18.2 Å². The molecule has 4 nitrogen and oxygen atoms in total. The molecule has 0 saturated carbocycles. The van der Waals surface area contributed by atoms with Crippen LogP contribution < -0.4 is 0 Å². The van der Waals surface area contributed by atoms with E-state index in [9.17, 15) is 9.18 Å². The van der Waals surface area contributed by atoms with E-state index >= 15 is 0 Å². The van der Waals surface area contributed by atoms with Crippen molar-refractivity contribution in [2.75, 3.05) is 7.11 Å². The molecule has 1 unspecified atom stereocenters. The highest BCUT2D eigenvalue weighted by Crippen LogP contribution is 2.33. The van der Waals surface area contributed by atoms with E-state index in [-0.39, 0.29) is 17.7 Å². The van der Waals surface area contributed by atoms with Crippen molar-refractivity contribution in [2.45, 2.75) is 19.4 Å². The predicted octanol–water partition coefficient (Wildman–Crippen LogP) is 3.08. The Labute approximate surface area is 126 Å². The summed E-state index contributed by atoms with van der Waals surface area (Å²) in [7, 11) is 1.38. The molecule has 1 aromatic heterocycles. The zero-order valence-electron chi connectivity index (χ0n) is 11.5. The summed E-state index contributed by atoms with van der Waals surface area (Å²) in [5, 5.41) is 0.321. The summed E-state index contributed by atoms with van der Waals surface area (Å²) >= 11 is 6.17. The molecule has 0 bridgehead atoms. The summed E-state index contributed by atoms with van der Waals surface area (Å²) in [4.78, 5) is 15.9. The smallest absolute Gasteiger partial charge is 0.309 e. The Balaban J connectivity index is 2.02. The summed E-state index contributed by atoms with van der Waals surface area (Å²) in [5.74, 6) is -0.287. The van der Waals surface area contributed by atoms with Gasteiger partial charge in [-0.2, -0.15) is 0 Å². The van der Waals surface area contributed by atoms with Crippen molar-refractivity contribution in [3.63, 3.8) is 0 Å². The highest BCUT2D eigenvalue weighted by atomic mass is 35.5. The van der Waals surface area contributed by atoms with Crippen LogP contribution >= 0.6 is 11.6 Å². The number of carbonyl (C=O) groups excluding carboxylic acids is 1. The molecule has 2 aromatic rings. The average molecular weight is 309 g/mol.